The highest BCUT2D eigenvalue weighted by Gasteiger charge is 2.49. The van der Waals surface area contributed by atoms with Crippen molar-refractivity contribution in [1.82, 2.24) is 0 Å². The maximum Gasteiger partial charge on any atom is 0.340 e. The molecule has 26 heavy (non-hydrogen) atoms. The van der Waals surface area contributed by atoms with E-state index in [4.69, 9.17) is 4.74 Å². The summed E-state index contributed by atoms with van der Waals surface area (Å²) in [5, 5.41) is 0. The lowest BCUT2D eigenvalue weighted by Gasteiger charge is -2.25. The number of sulfone groups is 1. The summed E-state index contributed by atoms with van der Waals surface area (Å²) in [5.41, 5.74) is -1.07. The molecule has 0 bridgehead atoms. The van der Waals surface area contributed by atoms with Crippen LogP contribution in [0, 0.1) is 0 Å². The van der Waals surface area contributed by atoms with Gasteiger partial charge in [-0.25, -0.2) is 22.0 Å². The SMILES string of the molecule is CS(=O)(=O)c1ccc(C2=C(c3ccccc3)C(=O)OC2(CF)CF)cc1. The van der Waals surface area contributed by atoms with Crippen molar-refractivity contribution in [2.24, 2.45) is 0 Å². The summed E-state index contributed by atoms with van der Waals surface area (Å²) in [6, 6.07) is 14.0. The minimum absolute atomic E-state index is 0.0689. The van der Waals surface area contributed by atoms with Crippen LogP contribution in [0.5, 0.6) is 0 Å². The maximum atomic E-state index is 13.8. The van der Waals surface area contributed by atoms with Gasteiger partial charge in [-0.3, -0.25) is 0 Å². The highest BCUT2D eigenvalue weighted by molar-refractivity contribution is 7.90. The predicted molar refractivity (Wildman–Crippen MR) is 93.6 cm³/mol. The molecule has 0 atom stereocenters. The molecule has 1 aliphatic rings. The van der Waals surface area contributed by atoms with E-state index in [2.05, 4.69) is 0 Å². The fourth-order valence-electron chi connectivity index (χ4n) is 2.98. The molecule has 0 amide bonds. The van der Waals surface area contributed by atoms with E-state index in [-0.39, 0.29) is 16.0 Å². The Hall–Kier alpha value is -2.54. The lowest BCUT2D eigenvalue weighted by atomic mass is 9.86. The van der Waals surface area contributed by atoms with E-state index in [9.17, 15) is 22.0 Å². The molecule has 136 valence electrons. The standard InChI is InChI=1S/C19H16F2O4S/c1-26(23,24)15-9-7-14(8-10-15)17-16(13-5-3-2-4-6-13)18(22)25-19(17,11-20)12-21/h2-10H,11-12H2,1H3. The minimum Gasteiger partial charge on any atom is -0.445 e. The fraction of sp³-hybridized carbons (Fsp3) is 0.211. The van der Waals surface area contributed by atoms with Crippen molar-refractivity contribution in [2.75, 3.05) is 19.6 Å². The second-order valence-corrected chi connectivity index (χ2v) is 8.08. The third-order valence-corrected chi connectivity index (χ3v) is 5.39. The Kier molecular flexibility index (Phi) is 4.66. The van der Waals surface area contributed by atoms with Crippen molar-refractivity contribution in [3.63, 3.8) is 0 Å². The molecule has 4 nitrogen and oxygen atoms in total. The van der Waals surface area contributed by atoms with Gasteiger partial charge in [0.05, 0.1) is 10.5 Å². The van der Waals surface area contributed by atoms with Gasteiger partial charge in [-0.15, -0.1) is 0 Å². The third-order valence-electron chi connectivity index (χ3n) is 4.26. The van der Waals surface area contributed by atoms with Gasteiger partial charge in [0.1, 0.15) is 13.3 Å². The van der Waals surface area contributed by atoms with Crippen LogP contribution >= 0.6 is 0 Å². The first-order valence-corrected chi connectivity index (χ1v) is 9.67. The van der Waals surface area contributed by atoms with Crippen molar-refractivity contribution in [2.45, 2.75) is 10.5 Å². The van der Waals surface area contributed by atoms with Crippen LogP contribution in [-0.4, -0.2) is 39.6 Å². The van der Waals surface area contributed by atoms with Crippen molar-refractivity contribution in [3.05, 3.63) is 65.7 Å². The molecule has 0 saturated heterocycles. The Morgan fingerprint density at radius 1 is 0.923 bits per heavy atom. The number of carbonyl (C=O) groups is 1. The van der Waals surface area contributed by atoms with Gasteiger partial charge in [0, 0.05) is 11.8 Å². The molecule has 0 radical (unpaired) electrons. The van der Waals surface area contributed by atoms with Crippen molar-refractivity contribution < 1.29 is 26.7 Å². The van der Waals surface area contributed by atoms with E-state index in [1.807, 2.05) is 0 Å². The summed E-state index contributed by atoms with van der Waals surface area (Å²) in [6.07, 6.45) is 1.06. The monoisotopic (exact) mass is 378 g/mol. The van der Waals surface area contributed by atoms with Crippen molar-refractivity contribution >= 4 is 27.0 Å². The van der Waals surface area contributed by atoms with Crippen LogP contribution < -0.4 is 0 Å². The molecule has 1 heterocycles. The smallest absolute Gasteiger partial charge is 0.340 e. The molecule has 0 saturated carbocycles. The number of rotatable bonds is 5. The topological polar surface area (TPSA) is 60.4 Å². The average Bonchev–Trinajstić information content (AvgIpc) is 2.94. The first-order valence-electron chi connectivity index (χ1n) is 7.78. The summed E-state index contributed by atoms with van der Waals surface area (Å²) in [4.78, 5) is 12.5. The van der Waals surface area contributed by atoms with Crippen molar-refractivity contribution in [1.29, 1.82) is 0 Å². The molecule has 0 spiro atoms. The summed E-state index contributed by atoms with van der Waals surface area (Å²) >= 11 is 0. The largest absolute Gasteiger partial charge is 0.445 e. The van der Waals surface area contributed by atoms with Gasteiger partial charge in [-0.2, -0.15) is 0 Å². The number of esters is 1. The summed E-state index contributed by atoms with van der Waals surface area (Å²) < 4.78 is 55.9. The first-order chi connectivity index (χ1) is 12.3. The predicted octanol–water partition coefficient (Wildman–Crippen LogP) is 3.24. The molecule has 1 aliphatic heterocycles. The Balaban J connectivity index is 2.25. The van der Waals surface area contributed by atoms with Gasteiger partial charge >= 0.3 is 5.97 Å². The zero-order chi connectivity index (χ0) is 18.9. The zero-order valence-electron chi connectivity index (χ0n) is 13.9. The van der Waals surface area contributed by atoms with E-state index < -0.39 is 34.8 Å². The number of halogens is 2. The fourth-order valence-corrected chi connectivity index (χ4v) is 3.61. The van der Waals surface area contributed by atoms with Crippen LogP contribution in [0.3, 0.4) is 0 Å². The van der Waals surface area contributed by atoms with Crippen LogP contribution in [0.4, 0.5) is 8.78 Å². The highest BCUT2D eigenvalue weighted by Crippen LogP contribution is 2.44. The average molecular weight is 378 g/mol. The van der Waals surface area contributed by atoms with Crippen LogP contribution in [-0.2, 0) is 19.4 Å². The molecule has 3 rings (SSSR count). The summed E-state index contributed by atoms with van der Waals surface area (Å²) in [5.74, 6) is -0.811. The van der Waals surface area contributed by atoms with E-state index in [0.717, 1.165) is 6.26 Å². The van der Waals surface area contributed by atoms with Gasteiger partial charge in [0.2, 0.25) is 0 Å². The van der Waals surface area contributed by atoms with Gasteiger partial charge in [-0.05, 0) is 23.3 Å². The summed E-state index contributed by atoms with van der Waals surface area (Å²) in [6.45, 7) is -2.45. The van der Waals surface area contributed by atoms with Crippen LogP contribution in [0.15, 0.2) is 59.5 Å². The van der Waals surface area contributed by atoms with Crippen LogP contribution in [0.25, 0.3) is 11.1 Å². The molecule has 2 aromatic carbocycles. The molecule has 0 N–H and O–H groups in total. The zero-order valence-corrected chi connectivity index (χ0v) is 14.7. The number of hydrogen-bond acceptors (Lipinski definition) is 4. The van der Waals surface area contributed by atoms with Gasteiger partial charge in [0.25, 0.3) is 0 Å². The van der Waals surface area contributed by atoms with Crippen LogP contribution in [0.2, 0.25) is 0 Å². The minimum atomic E-state index is -3.42. The molecular weight excluding hydrogens is 362 g/mol. The number of benzene rings is 2. The highest BCUT2D eigenvalue weighted by atomic mass is 32.2. The normalized spacial score (nSPS) is 16.7. The Morgan fingerprint density at radius 3 is 2.00 bits per heavy atom. The van der Waals surface area contributed by atoms with Crippen molar-refractivity contribution in [3.8, 4) is 0 Å². The number of ether oxygens (including phenoxy) is 1. The third kappa shape index (κ3) is 3.03. The van der Waals surface area contributed by atoms with Gasteiger partial charge < -0.3 is 4.74 Å². The molecule has 0 unspecified atom stereocenters. The molecular formula is C19H16F2O4S. The number of cyclic esters (lactones) is 1. The summed E-state index contributed by atoms with van der Waals surface area (Å²) in [7, 11) is -3.42. The molecule has 0 aliphatic carbocycles. The lowest BCUT2D eigenvalue weighted by molar-refractivity contribution is -0.146. The number of hydrogen-bond donors (Lipinski definition) is 0. The second kappa shape index (κ2) is 6.64. The Bertz CT molecular complexity index is 960. The van der Waals surface area contributed by atoms with Crippen LogP contribution in [0.1, 0.15) is 11.1 Å². The van der Waals surface area contributed by atoms with E-state index in [0.29, 0.717) is 11.1 Å². The maximum absolute atomic E-state index is 13.8. The van der Waals surface area contributed by atoms with Gasteiger partial charge in [-0.1, -0.05) is 42.5 Å². The molecule has 0 aromatic heterocycles. The Morgan fingerprint density at radius 2 is 1.50 bits per heavy atom. The first kappa shape index (κ1) is 18.3. The van der Waals surface area contributed by atoms with E-state index in [1.54, 1.807) is 30.3 Å². The van der Waals surface area contributed by atoms with Gasteiger partial charge in [0.15, 0.2) is 15.4 Å². The quantitative estimate of drug-likeness (QED) is 0.750. The number of carbonyl (C=O) groups excluding carboxylic acids is 1. The Labute approximate surface area is 150 Å². The van der Waals surface area contributed by atoms with E-state index in [1.165, 1.54) is 24.3 Å². The number of alkyl halides is 2. The molecule has 2 aromatic rings. The van der Waals surface area contributed by atoms with E-state index >= 15 is 0 Å². The molecule has 7 heteroatoms. The lowest BCUT2D eigenvalue weighted by Crippen LogP contribution is -2.36. The molecule has 0 fully saturated rings. The second-order valence-electron chi connectivity index (χ2n) is 6.06.